The molecule has 3 rings (SSSR count). The van der Waals surface area contributed by atoms with Crippen molar-refractivity contribution in [2.75, 3.05) is 11.9 Å². The number of pyridine rings is 1. The van der Waals surface area contributed by atoms with Crippen LogP contribution in [0.5, 0.6) is 0 Å². The molecular weight excluding hydrogens is 288 g/mol. The Labute approximate surface area is 116 Å². The van der Waals surface area contributed by atoms with E-state index in [-0.39, 0.29) is 0 Å². The highest BCUT2D eigenvalue weighted by molar-refractivity contribution is 9.09. The van der Waals surface area contributed by atoms with Crippen molar-refractivity contribution in [3.63, 3.8) is 0 Å². The molecule has 2 nitrogen and oxygen atoms in total. The number of likely N-dealkylation sites (tertiary alicyclic amines) is 1. The summed E-state index contributed by atoms with van der Waals surface area (Å²) >= 11 is 3.61. The van der Waals surface area contributed by atoms with Crippen LogP contribution >= 0.6 is 15.9 Å². The van der Waals surface area contributed by atoms with E-state index in [0.717, 1.165) is 17.4 Å². The van der Waals surface area contributed by atoms with E-state index in [2.05, 4.69) is 57.2 Å². The monoisotopic (exact) mass is 304 g/mol. The summed E-state index contributed by atoms with van der Waals surface area (Å²) in [6.07, 6.45) is 2.61. The Balaban J connectivity index is 1.82. The van der Waals surface area contributed by atoms with Crippen LogP contribution in [0.3, 0.4) is 0 Å². The molecule has 0 spiro atoms. The van der Waals surface area contributed by atoms with Crippen LogP contribution in [0.25, 0.3) is 10.9 Å². The van der Waals surface area contributed by atoms with Gasteiger partial charge in [-0.3, -0.25) is 9.88 Å². The van der Waals surface area contributed by atoms with Crippen LogP contribution in [0.15, 0.2) is 36.4 Å². The number of aromatic nitrogens is 1. The second-order valence-electron chi connectivity index (χ2n) is 4.92. The summed E-state index contributed by atoms with van der Waals surface area (Å²) in [6.45, 7) is 2.17. The van der Waals surface area contributed by atoms with Gasteiger partial charge in [0.2, 0.25) is 0 Å². The normalized spacial score (nSPS) is 20.6. The second kappa shape index (κ2) is 5.37. The number of rotatable bonds is 3. The van der Waals surface area contributed by atoms with Crippen LogP contribution in [0.4, 0.5) is 0 Å². The molecule has 1 aromatic carbocycles. The second-order valence-corrected chi connectivity index (χ2v) is 5.56. The zero-order valence-electron chi connectivity index (χ0n) is 10.3. The summed E-state index contributed by atoms with van der Waals surface area (Å²) in [6, 6.07) is 13.3. The van der Waals surface area contributed by atoms with Gasteiger partial charge in [-0.25, -0.2) is 0 Å². The van der Waals surface area contributed by atoms with E-state index in [1.54, 1.807) is 0 Å². The van der Waals surface area contributed by atoms with Crippen LogP contribution in [-0.2, 0) is 6.54 Å². The largest absolute Gasteiger partial charge is 0.294 e. The summed E-state index contributed by atoms with van der Waals surface area (Å²) < 4.78 is 0. The minimum atomic E-state index is 0.679. The fraction of sp³-hybridized carbons (Fsp3) is 0.400. The molecule has 1 saturated heterocycles. The fourth-order valence-corrected chi connectivity index (χ4v) is 3.42. The summed E-state index contributed by atoms with van der Waals surface area (Å²) in [5.41, 5.74) is 2.28. The maximum absolute atomic E-state index is 4.75. The van der Waals surface area contributed by atoms with E-state index < -0.39 is 0 Å². The van der Waals surface area contributed by atoms with E-state index in [4.69, 9.17) is 4.98 Å². The Morgan fingerprint density at radius 2 is 2.11 bits per heavy atom. The molecular formula is C15H17BrN2. The van der Waals surface area contributed by atoms with Gasteiger partial charge in [0, 0.05) is 23.3 Å². The fourth-order valence-electron chi connectivity index (χ4n) is 2.68. The predicted molar refractivity (Wildman–Crippen MR) is 79.0 cm³/mol. The number of halogens is 1. The van der Waals surface area contributed by atoms with Crippen molar-refractivity contribution in [2.45, 2.75) is 25.4 Å². The number of nitrogens with zero attached hydrogens (tertiary/aromatic N) is 2. The molecule has 2 heterocycles. The average molecular weight is 305 g/mol. The summed E-state index contributed by atoms with van der Waals surface area (Å²) in [7, 11) is 0. The molecule has 18 heavy (non-hydrogen) atoms. The maximum Gasteiger partial charge on any atom is 0.0705 e. The molecule has 2 aromatic rings. The van der Waals surface area contributed by atoms with Gasteiger partial charge in [-0.05, 0) is 31.5 Å². The van der Waals surface area contributed by atoms with Gasteiger partial charge in [0.25, 0.3) is 0 Å². The molecule has 0 N–H and O–H groups in total. The lowest BCUT2D eigenvalue weighted by atomic mass is 10.2. The molecule has 1 aromatic heterocycles. The summed E-state index contributed by atoms with van der Waals surface area (Å²) in [5, 5.41) is 2.29. The summed E-state index contributed by atoms with van der Waals surface area (Å²) in [4.78, 5) is 7.28. The third kappa shape index (κ3) is 2.43. The van der Waals surface area contributed by atoms with Gasteiger partial charge in [0.1, 0.15) is 0 Å². The molecule has 0 radical (unpaired) electrons. The van der Waals surface area contributed by atoms with Crippen molar-refractivity contribution in [3.05, 3.63) is 42.1 Å². The van der Waals surface area contributed by atoms with Gasteiger partial charge in [0.15, 0.2) is 0 Å². The maximum atomic E-state index is 4.75. The first-order valence-corrected chi connectivity index (χ1v) is 7.63. The lowest BCUT2D eigenvalue weighted by Crippen LogP contribution is -2.30. The zero-order chi connectivity index (χ0) is 12.4. The summed E-state index contributed by atoms with van der Waals surface area (Å²) in [5.74, 6) is 0. The van der Waals surface area contributed by atoms with Crippen molar-refractivity contribution < 1.29 is 0 Å². The molecule has 1 unspecified atom stereocenters. The minimum Gasteiger partial charge on any atom is -0.294 e. The van der Waals surface area contributed by atoms with E-state index in [1.807, 2.05) is 0 Å². The Morgan fingerprint density at radius 1 is 1.22 bits per heavy atom. The average Bonchev–Trinajstić information content (AvgIpc) is 2.86. The number of para-hydroxylation sites is 1. The van der Waals surface area contributed by atoms with Crippen molar-refractivity contribution in [1.82, 2.24) is 9.88 Å². The van der Waals surface area contributed by atoms with Crippen molar-refractivity contribution in [3.8, 4) is 0 Å². The topological polar surface area (TPSA) is 16.1 Å². The first kappa shape index (κ1) is 12.1. The highest BCUT2D eigenvalue weighted by Gasteiger charge is 2.23. The third-order valence-corrected chi connectivity index (χ3v) is 4.45. The number of alkyl halides is 1. The molecule has 0 bridgehead atoms. The van der Waals surface area contributed by atoms with Gasteiger partial charge in [0.05, 0.1) is 11.2 Å². The Morgan fingerprint density at radius 3 is 3.00 bits per heavy atom. The van der Waals surface area contributed by atoms with Crippen LogP contribution in [0.1, 0.15) is 18.5 Å². The molecule has 0 saturated carbocycles. The lowest BCUT2D eigenvalue weighted by Gasteiger charge is -2.22. The third-order valence-electron chi connectivity index (χ3n) is 3.70. The Kier molecular flexibility index (Phi) is 3.62. The van der Waals surface area contributed by atoms with Crippen molar-refractivity contribution in [1.29, 1.82) is 0 Å². The van der Waals surface area contributed by atoms with E-state index >= 15 is 0 Å². The molecule has 94 valence electrons. The van der Waals surface area contributed by atoms with Crippen LogP contribution in [0.2, 0.25) is 0 Å². The molecule has 0 aliphatic carbocycles. The van der Waals surface area contributed by atoms with Crippen LogP contribution in [-0.4, -0.2) is 27.8 Å². The number of fused-ring (bicyclic) bond motifs is 1. The Bertz CT molecular complexity index is 541. The van der Waals surface area contributed by atoms with E-state index in [1.165, 1.54) is 30.5 Å². The van der Waals surface area contributed by atoms with Crippen molar-refractivity contribution in [2.24, 2.45) is 0 Å². The predicted octanol–water partition coefficient (Wildman–Crippen LogP) is 3.59. The van der Waals surface area contributed by atoms with Gasteiger partial charge in [-0.2, -0.15) is 0 Å². The van der Waals surface area contributed by atoms with Crippen molar-refractivity contribution >= 4 is 26.8 Å². The molecule has 0 amide bonds. The molecule has 1 fully saturated rings. The molecule has 1 aliphatic heterocycles. The lowest BCUT2D eigenvalue weighted by molar-refractivity contribution is 0.262. The first-order chi connectivity index (χ1) is 8.86. The quantitative estimate of drug-likeness (QED) is 0.806. The number of benzene rings is 1. The highest BCUT2D eigenvalue weighted by Crippen LogP contribution is 2.21. The smallest absolute Gasteiger partial charge is 0.0705 e. The standard InChI is InChI=1S/C15H17BrN2/c16-10-14-5-3-9-18(14)11-13-8-7-12-4-1-2-6-15(12)17-13/h1-2,4,6-8,14H,3,5,9-11H2. The van der Waals surface area contributed by atoms with E-state index in [9.17, 15) is 0 Å². The minimum absolute atomic E-state index is 0.679. The SMILES string of the molecule is BrCC1CCCN1Cc1ccc2ccccc2n1. The van der Waals surface area contributed by atoms with Gasteiger partial charge in [-0.15, -0.1) is 0 Å². The first-order valence-electron chi connectivity index (χ1n) is 6.51. The molecule has 1 atom stereocenters. The number of hydrogen-bond acceptors (Lipinski definition) is 2. The Hall–Kier alpha value is -0.930. The van der Waals surface area contributed by atoms with Gasteiger partial charge >= 0.3 is 0 Å². The molecule has 1 aliphatic rings. The van der Waals surface area contributed by atoms with Crippen LogP contribution < -0.4 is 0 Å². The van der Waals surface area contributed by atoms with Gasteiger partial charge in [-0.1, -0.05) is 40.2 Å². The molecule has 3 heteroatoms. The van der Waals surface area contributed by atoms with Gasteiger partial charge < -0.3 is 0 Å². The van der Waals surface area contributed by atoms with E-state index in [0.29, 0.717) is 6.04 Å². The highest BCUT2D eigenvalue weighted by atomic mass is 79.9. The van der Waals surface area contributed by atoms with Crippen LogP contribution in [0, 0.1) is 0 Å². The zero-order valence-corrected chi connectivity index (χ0v) is 11.9. The number of hydrogen-bond donors (Lipinski definition) is 0.